The molecule has 0 fully saturated rings. The van der Waals surface area contributed by atoms with E-state index in [-0.39, 0.29) is 11.9 Å². The number of nitrogens with zero attached hydrogens (tertiary/aromatic N) is 2. The molecule has 1 amide bonds. The molecule has 0 saturated heterocycles. The van der Waals surface area contributed by atoms with Gasteiger partial charge in [0.25, 0.3) is 5.91 Å². The third kappa shape index (κ3) is 3.66. The Morgan fingerprint density at radius 2 is 1.85 bits per heavy atom. The van der Waals surface area contributed by atoms with Crippen LogP contribution in [0.5, 0.6) is 0 Å². The van der Waals surface area contributed by atoms with Crippen LogP contribution in [0, 0.1) is 0 Å². The second-order valence-electron chi connectivity index (χ2n) is 6.02. The minimum absolute atomic E-state index is 0.140. The molecular formula is C21H17N3O2S. The van der Waals surface area contributed by atoms with Gasteiger partial charge in [0.1, 0.15) is 4.88 Å². The van der Waals surface area contributed by atoms with E-state index in [1.165, 1.54) is 11.3 Å². The SMILES string of the molecule is CC(NC(=O)c1sc(-c2ccco2)nc1-c1ccccc1)c1ccncc1. The first-order chi connectivity index (χ1) is 13.2. The number of carbonyl (C=O) groups is 1. The molecule has 6 heteroatoms. The molecule has 3 heterocycles. The van der Waals surface area contributed by atoms with Gasteiger partial charge in [-0.15, -0.1) is 11.3 Å². The average Bonchev–Trinajstić information content (AvgIpc) is 3.39. The summed E-state index contributed by atoms with van der Waals surface area (Å²) in [6.45, 7) is 1.95. The van der Waals surface area contributed by atoms with E-state index >= 15 is 0 Å². The third-order valence-electron chi connectivity index (χ3n) is 4.17. The number of furan rings is 1. The Kier molecular flexibility index (Phi) is 4.80. The third-order valence-corrected chi connectivity index (χ3v) is 5.23. The Morgan fingerprint density at radius 3 is 2.56 bits per heavy atom. The Balaban J connectivity index is 1.69. The zero-order valence-electron chi connectivity index (χ0n) is 14.6. The highest BCUT2D eigenvalue weighted by atomic mass is 32.1. The minimum Gasteiger partial charge on any atom is -0.462 e. The molecule has 1 N–H and O–H groups in total. The van der Waals surface area contributed by atoms with Crippen molar-refractivity contribution in [1.82, 2.24) is 15.3 Å². The first-order valence-electron chi connectivity index (χ1n) is 8.53. The number of hydrogen-bond donors (Lipinski definition) is 1. The van der Waals surface area contributed by atoms with Gasteiger partial charge in [0.2, 0.25) is 0 Å². The van der Waals surface area contributed by atoms with Gasteiger partial charge in [-0.05, 0) is 36.8 Å². The van der Waals surface area contributed by atoms with Crippen LogP contribution in [0.1, 0.15) is 28.2 Å². The Labute approximate surface area is 160 Å². The summed E-state index contributed by atoms with van der Waals surface area (Å²) in [5, 5.41) is 3.74. The fraction of sp³-hybridized carbons (Fsp3) is 0.0952. The normalized spacial score (nSPS) is 11.9. The molecule has 4 aromatic rings. The van der Waals surface area contributed by atoms with Crippen LogP contribution in [-0.2, 0) is 0 Å². The molecule has 0 aliphatic heterocycles. The molecule has 5 nitrogen and oxygen atoms in total. The molecule has 1 aromatic carbocycles. The molecule has 0 saturated carbocycles. The van der Waals surface area contributed by atoms with Gasteiger partial charge in [-0.2, -0.15) is 0 Å². The maximum absolute atomic E-state index is 13.0. The van der Waals surface area contributed by atoms with Crippen LogP contribution in [0.25, 0.3) is 22.0 Å². The molecule has 4 rings (SSSR count). The number of amides is 1. The lowest BCUT2D eigenvalue weighted by atomic mass is 10.1. The smallest absolute Gasteiger partial charge is 0.264 e. The summed E-state index contributed by atoms with van der Waals surface area (Å²) in [5.74, 6) is 0.492. The Bertz CT molecular complexity index is 1030. The van der Waals surface area contributed by atoms with Crippen LogP contribution in [0.15, 0.2) is 77.7 Å². The standard InChI is InChI=1S/C21H17N3O2S/c1-14(15-9-11-22-12-10-15)23-20(25)19-18(16-6-3-2-4-7-16)24-21(27-19)17-8-5-13-26-17/h2-14H,1H3,(H,23,25). The maximum atomic E-state index is 13.0. The number of carbonyl (C=O) groups excluding carboxylic acids is 1. The first kappa shape index (κ1) is 17.2. The number of benzene rings is 1. The summed E-state index contributed by atoms with van der Waals surface area (Å²) in [6.07, 6.45) is 5.04. The predicted octanol–water partition coefficient (Wildman–Crippen LogP) is 4.96. The van der Waals surface area contributed by atoms with Crippen molar-refractivity contribution in [3.63, 3.8) is 0 Å². The summed E-state index contributed by atoms with van der Waals surface area (Å²) < 4.78 is 5.46. The van der Waals surface area contributed by atoms with Crippen molar-refractivity contribution in [2.45, 2.75) is 13.0 Å². The number of hydrogen-bond acceptors (Lipinski definition) is 5. The molecule has 0 aliphatic carbocycles. The van der Waals surface area contributed by atoms with E-state index in [0.717, 1.165) is 11.1 Å². The van der Waals surface area contributed by atoms with Gasteiger partial charge in [-0.3, -0.25) is 9.78 Å². The van der Waals surface area contributed by atoms with Gasteiger partial charge < -0.3 is 9.73 Å². The summed E-state index contributed by atoms with van der Waals surface area (Å²) >= 11 is 1.33. The van der Waals surface area contributed by atoms with Gasteiger partial charge in [-0.25, -0.2) is 4.98 Å². The quantitative estimate of drug-likeness (QED) is 0.535. The van der Waals surface area contributed by atoms with Crippen LogP contribution in [-0.4, -0.2) is 15.9 Å². The summed E-state index contributed by atoms with van der Waals surface area (Å²) in [5.41, 5.74) is 2.55. The number of thiazole rings is 1. The van der Waals surface area contributed by atoms with E-state index in [1.807, 2.05) is 61.5 Å². The largest absolute Gasteiger partial charge is 0.462 e. The van der Waals surface area contributed by atoms with Crippen LogP contribution >= 0.6 is 11.3 Å². The van der Waals surface area contributed by atoms with Crippen molar-refractivity contribution in [2.75, 3.05) is 0 Å². The van der Waals surface area contributed by atoms with Gasteiger partial charge in [-0.1, -0.05) is 30.3 Å². The molecule has 0 bridgehead atoms. The van der Waals surface area contributed by atoms with Crippen LogP contribution in [0.4, 0.5) is 0 Å². The van der Waals surface area contributed by atoms with E-state index in [1.54, 1.807) is 18.7 Å². The Hall–Kier alpha value is -3.25. The van der Waals surface area contributed by atoms with E-state index in [0.29, 0.717) is 21.3 Å². The van der Waals surface area contributed by atoms with Gasteiger partial charge in [0, 0.05) is 18.0 Å². The number of rotatable bonds is 5. The maximum Gasteiger partial charge on any atom is 0.264 e. The zero-order chi connectivity index (χ0) is 18.6. The molecule has 27 heavy (non-hydrogen) atoms. The molecule has 3 aromatic heterocycles. The highest BCUT2D eigenvalue weighted by Gasteiger charge is 2.22. The highest BCUT2D eigenvalue weighted by Crippen LogP contribution is 2.34. The summed E-state index contributed by atoms with van der Waals surface area (Å²) in [4.78, 5) is 22.3. The zero-order valence-corrected chi connectivity index (χ0v) is 15.4. The topological polar surface area (TPSA) is 68.0 Å². The number of pyridine rings is 1. The molecule has 0 aliphatic rings. The molecule has 0 spiro atoms. The fourth-order valence-corrected chi connectivity index (χ4v) is 3.73. The van der Waals surface area contributed by atoms with Crippen molar-refractivity contribution in [1.29, 1.82) is 0 Å². The van der Waals surface area contributed by atoms with Gasteiger partial charge in [0.05, 0.1) is 18.0 Å². The summed E-state index contributed by atoms with van der Waals surface area (Å²) in [7, 11) is 0. The lowest BCUT2D eigenvalue weighted by Crippen LogP contribution is -2.26. The molecular weight excluding hydrogens is 358 g/mol. The molecule has 1 unspecified atom stereocenters. The molecule has 1 atom stereocenters. The van der Waals surface area contributed by atoms with Crippen molar-refractivity contribution in [3.05, 3.63) is 83.7 Å². The van der Waals surface area contributed by atoms with Crippen molar-refractivity contribution < 1.29 is 9.21 Å². The van der Waals surface area contributed by atoms with E-state index in [2.05, 4.69) is 15.3 Å². The van der Waals surface area contributed by atoms with Crippen LogP contribution in [0.2, 0.25) is 0 Å². The minimum atomic E-state index is -0.159. The second-order valence-corrected chi connectivity index (χ2v) is 7.01. The highest BCUT2D eigenvalue weighted by molar-refractivity contribution is 7.17. The van der Waals surface area contributed by atoms with Crippen molar-refractivity contribution in [2.24, 2.45) is 0 Å². The first-order valence-corrected chi connectivity index (χ1v) is 9.35. The van der Waals surface area contributed by atoms with E-state index in [4.69, 9.17) is 4.42 Å². The van der Waals surface area contributed by atoms with Crippen molar-refractivity contribution in [3.8, 4) is 22.0 Å². The van der Waals surface area contributed by atoms with Crippen LogP contribution in [0.3, 0.4) is 0 Å². The van der Waals surface area contributed by atoms with Crippen LogP contribution < -0.4 is 5.32 Å². The van der Waals surface area contributed by atoms with E-state index in [9.17, 15) is 4.79 Å². The number of aromatic nitrogens is 2. The number of nitrogens with one attached hydrogen (secondary N) is 1. The second kappa shape index (κ2) is 7.55. The van der Waals surface area contributed by atoms with Gasteiger partial charge >= 0.3 is 0 Å². The molecule has 134 valence electrons. The summed E-state index contributed by atoms with van der Waals surface area (Å²) in [6, 6.07) is 17.0. The molecule has 0 radical (unpaired) electrons. The van der Waals surface area contributed by atoms with Gasteiger partial charge in [0.15, 0.2) is 10.8 Å². The van der Waals surface area contributed by atoms with E-state index < -0.39 is 0 Å². The average molecular weight is 375 g/mol. The predicted molar refractivity (Wildman–Crippen MR) is 105 cm³/mol. The van der Waals surface area contributed by atoms with Crippen molar-refractivity contribution >= 4 is 17.2 Å². The monoisotopic (exact) mass is 375 g/mol. The lowest BCUT2D eigenvalue weighted by molar-refractivity contribution is 0.0944. The lowest BCUT2D eigenvalue weighted by Gasteiger charge is -2.13. The fourth-order valence-electron chi connectivity index (χ4n) is 2.77. The Morgan fingerprint density at radius 1 is 1.07 bits per heavy atom.